The first-order valence-corrected chi connectivity index (χ1v) is 9.66. The summed E-state index contributed by atoms with van der Waals surface area (Å²) in [4.78, 5) is 20.0. The van der Waals surface area contributed by atoms with E-state index in [0.717, 1.165) is 17.0 Å². The van der Waals surface area contributed by atoms with Gasteiger partial charge in [-0.1, -0.05) is 0 Å². The van der Waals surface area contributed by atoms with E-state index in [4.69, 9.17) is 13.9 Å². The lowest BCUT2D eigenvalue weighted by Gasteiger charge is -2.11. The van der Waals surface area contributed by atoms with Crippen LogP contribution in [0.3, 0.4) is 0 Å². The van der Waals surface area contributed by atoms with Crippen molar-refractivity contribution in [1.82, 2.24) is 9.97 Å². The Kier molecular flexibility index (Phi) is 7.21. The summed E-state index contributed by atoms with van der Waals surface area (Å²) in [7, 11) is 1.30. The van der Waals surface area contributed by atoms with E-state index in [2.05, 4.69) is 25.2 Å². The molecule has 0 saturated heterocycles. The van der Waals surface area contributed by atoms with Gasteiger partial charge < -0.3 is 18.6 Å². The van der Waals surface area contributed by atoms with Crippen molar-refractivity contribution in [1.29, 1.82) is 0 Å². The topological polar surface area (TPSA) is 108 Å². The average Bonchev–Trinajstić information content (AvgIpc) is 3.21. The molecule has 2 heterocycles. The van der Waals surface area contributed by atoms with Gasteiger partial charge in [0, 0.05) is 11.4 Å². The summed E-state index contributed by atoms with van der Waals surface area (Å²) < 4.78 is 21.5. The fraction of sp³-hybridized carbons (Fsp3) is 0.273. The lowest BCUT2D eigenvalue weighted by molar-refractivity contribution is 0.0561. The predicted molar refractivity (Wildman–Crippen MR) is 115 cm³/mol. The van der Waals surface area contributed by atoms with Gasteiger partial charge in [0.1, 0.15) is 12.4 Å². The van der Waals surface area contributed by atoms with E-state index in [1.54, 1.807) is 24.4 Å². The number of rotatable bonds is 9. The van der Waals surface area contributed by atoms with Crippen LogP contribution in [0.25, 0.3) is 0 Å². The lowest BCUT2D eigenvalue weighted by Crippen LogP contribution is -2.01. The molecule has 0 unspecified atom stereocenters. The summed E-state index contributed by atoms with van der Waals surface area (Å²) in [5.74, 6) is 1.62. The van der Waals surface area contributed by atoms with Crippen LogP contribution in [0, 0.1) is 13.8 Å². The standard InChI is InChI=1S/C22H24N4O5/c1-5-29-20-11-16(12-23-26-22-24-14(2)10-15(3)25-22)6-8-18(20)30-13-17-7-9-19(31-17)21(27)28-4/h6-12H,5,13H2,1-4H3,(H,24,25,26)/b23-12+. The van der Waals surface area contributed by atoms with Gasteiger partial charge in [0.05, 0.1) is 19.9 Å². The minimum absolute atomic E-state index is 0.123. The predicted octanol–water partition coefficient (Wildman–Crippen LogP) is 3.90. The summed E-state index contributed by atoms with van der Waals surface area (Å²) in [5.41, 5.74) is 5.36. The lowest BCUT2D eigenvalue weighted by atomic mass is 10.2. The quantitative estimate of drug-likeness (QED) is 0.313. The molecule has 1 aromatic carbocycles. The highest BCUT2D eigenvalue weighted by Crippen LogP contribution is 2.29. The van der Waals surface area contributed by atoms with Crippen molar-refractivity contribution in [2.75, 3.05) is 19.1 Å². The van der Waals surface area contributed by atoms with E-state index in [9.17, 15) is 4.79 Å². The number of nitrogens with one attached hydrogen (secondary N) is 1. The highest BCUT2D eigenvalue weighted by atomic mass is 16.5. The molecule has 0 aliphatic carbocycles. The first-order valence-electron chi connectivity index (χ1n) is 9.66. The molecule has 1 N–H and O–H groups in total. The fourth-order valence-electron chi connectivity index (χ4n) is 2.75. The second-order valence-electron chi connectivity index (χ2n) is 6.53. The maximum atomic E-state index is 11.5. The molecule has 3 rings (SSSR count). The van der Waals surface area contributed by atoms with Crippen LogP contribution in [0.4, 0.5) is 5.95 Å². The number of furan rings is 1. The molecule has 3 aromatic rings. The van der Waals surface area contributed by atoms with Crippen molar-refractivity contribution in [3.8, 4) is 11.5 Å². The zero-order valence-electron chi connectivity index (χ0n) is 17.8. The molecule has 0 spiro atoms. The Balaban J connectivity index is 1.67. The van der Waals surface area contributed by atoms with Gasteiger partial charge in [-0.15, -0.1) is 0 Å². The molecule has 31 heavy (non-hydrogen) atoms. The second kappa shape index (κ2) is 10.2. The first-order chi connectivity index (χ1) is 15.0. The SMILES string of the molecule is CCOc1cc(/C=N/Nc2nc(C)cc(C)n2)ccc1OCc1ccc(C(=O)OC)o1. The Morgan fingerprint density at radius 3 is 2.58 bits per heavy atom. The number of esters is 1. The minimum Gasteiger partial charge on any atom is -0.490 e. The van der Waals surface area contributed by atoms with Crippen LogP contribution in [0.2, 0.25) is 0 Å². The summed E-state index contributed by atoms with van der Waals surface area (Å²) in [6.45, 7) is 6.29. The molecule has 0 bridgehead atoms. The third kappa shape index (κ3) is 6.05. The number of aromatic nitrogens is 2. The largest absolute Gasteiger partial charge is 0.490 e. The van der Waals surface area contributed by atoms with E-state index in [-0.39, 0.29) is 12.4 Å². The number of anilines is 1. The highest BCUT2D eigenvalue weighted by molar-refractivity contribution is 5.86. The van der Waals surface area contributed by atoms with E-state index >= 15 is 0 Å². The smallest absolute Gasteiger partial charge is 0.373 e. The minimum atomic E-state index is -0.537. The van der Waals surface area contributed by atoms with Gasteiger partial charge in [0.15, 0.2) is 11.5 Å². The van der Waals surface area contributed by atoms with Crippen molar-refractivity contribution in [2.45, 2.75) is 27.4 Å². The Labute approximate surface area is 180 Å². The normalized spacial score (nSPS) is 10.8. The average molecular weight is 424 g/mol. The van der Waals surface area contributed by atoms with E-state index in [1.807, 2.05) is 39.0 Å². The number of hydrogen-bond acceptors (Lipinski definition) is 9. The third-order valence-electron chi connectivity index (χ3n) is 4.05. The van der Waals surface area contributed by atoms with Crippen LogP contribution in [0.15, 0.2) is 45.9 Å². The van der Waals surface area contributed by atoms with Crippen LogP contribution < -0.4 is 14.9 Å². The highest BCUT2D eigenvalue weighted by Gasteiger charge is 2.12. The molecule has 2 aromatic heterocycles. The van der Waals surface area contributed by atoms with Crippen LogP contribution in [-0.2, 0) is 11.3 Å². The van der Waals surface area contributed by atoms with Gasteiger partial charge in [0.25, 0.3) is 0 Å². The zero-order chi connectivity index (χ0) is 22.2. The number of carbonyl (C=O) groups excluding carboxylic acids is 1. The van der Waals surface area contributed by atoms with Gasteiger partial charge in [-0.2, -0.15) is 5.10 Å². The van der Waals surface area contributed by atoms with Crippen LogP contribution in [0.1, 0.15) is 40.2 Å². The monoisotopic (exact) mass is 424 g/mol. The Hall–Kier alpha value is -3.88. The number of carbonyl (C=O) groups is 1. The molecule has 0 fully saturated rings. The maximum absolute atomic E-state index is 11.5. The maximum Gasteiger partial charge on any atom is 0.373 e. The third-order valence-corrected chi connectivity index (χ3v) is 4.05. The zero-order valence-corrected chi connectivity index (χ0v) is 17.8. The molecule has 0 radical (unpaired) electrons. The molecule has 0 saturated carbocycles. The van der Waals surface area contributed by atoms with Crippen LogP contribution in [-0.4, -0.2) is 35.9 Å². The first kappa shape index (κ1) is 21.8. The van der Waals surface area contributed by atoms with Gasteiger partial charge in [-0.05, 0) is 62.7 Å². The van der Waals surface area contributed by atoms with Crippen molar-refractivity contribution < 1.29 is 23.4 Å². The number of hydrazone groups is 1. The fourth-order valence-corrected chi connectivity index (χ4v) is 2.75. The molecular formula is C22H24N4O5. The van der Waals surface area contributed by atoms with Gasteiger partial charge >= 0.3 is 5.97 Å². The molecular weight excluding hydrogens is 400 g/mol. The molecule has 9 heteroatoms. The molecule has 0 atom stereocenters. The van der Waals surface area contributed by atoms with Crippen LogP contribution in [0.5, 0.6) is 11.5 Å². The molecule has 0 aliphatic rings. The molecule has 9 nitrogen and oxygen atoms in total. The van der Waals surface area contributed by atoms with Crippen molar-refractivity contribution in [2.24, 2.45) is 5.10 Å². The summed E-state index contributed by atoms with van der Waals surface area (Å²) in [6, 6.07) is 10.5. The number of ether oxygens (including phenoxy) is 3. The molecule has 162 valence electrons. The van der Waals surface area contributed by atoms with Crippen molar-refractivity contribution >= 4 is 18.1 Å². The number of nitrogens with zero attached hydrogens (tertiary/aromatic N) is 3. The number of benzene rings is 1. The summed E-state index contributed by atoms with van der Waals surface area (Å²) >= 11 is 0. The van der Waals surface area contributed by atoms with Gasteiger partial charge in [-0.25, -0.2) is 20.2 Å². The summed E-state index contributed by atoms with van der Waals surface area (Å²) in [5, 5.41) is 4.19. The van der Waals surface area contributed by atoms with Crippen LogP contribution >= 0.6 is 0 Å². The Morgan fingerprint density at radius 2 is 1.87 bits per heavy atom. The molecule has 0 amide bonds. The van der Waals surface area contributed by atoms with Gasteiger partial charge in [0.2, 0.25) is 11.7 Å². The van der Waals surface area contributed by atoms with E-state index < -0.39 is 5.97 Å². The summed E-state index contributed by atoms with van der Waals surface area (Å²) in [6.07, 6.45) is 1.64. The van der Waals surface area contributed by atoms with E-state index in [1.165, 1.54) is 7.11 Å². The Bertz CT molecular complexity index is 1060. The molecule has 0 aliphatic heterocycles. The van der Waals surface area contributed by atoms with Crippen molar-refractivity contribution in [3.63, 3.8) is 0 Å². The second-order valence-corrected chi connectivity index (χ2v) is 6.53. The number of aryl methyl sites for hydroxylation is 2. The number of methoxy groups -OCH3 is 1. The van der Waals surface area contributed by atoms with Gasteiger partial charge in [-0.3, -0.25) is 0 Å². The Morgan fingerprint density at radius 1 is 1.10 bits per heavy atom. The van der Waals surface area contributed by atoms with Crippen molar-refractivity contribution in [3.05, 3.63) is 64.9 Å². The van der Waals surface area contributed by atoms with E-state index in [0.29, 0.717) is 29.8 Å². The number of hydrogen-bond donors (Lipinski definition) is 1.